The first kappa shape index (κ1) is 20.2. The molecule has 1 nitrogen and oxygen atoms in total. The molecule has 0 unspecified atom stereocenters. The molecule has 1 aromatic rings. The maximum absolute atomic E-state index is 4.95. The molecular formula is C22H39N. The van der Waals surface area contributed by atoms with E-state index >= 15 is 0 Å². The van der Waals surface area contributed by atoms with Crippen molar-refractivity contribution in [2.24, 2.45) is 0 Å². The molecule has 0 atom stereocenters. The van der Waals surface area contributed by atoms with E-state index in [9.17, 15) is 0 Å². The Kier molecular flexibility index (Phi) is 11.9. The number of hydrogen-bond donors (Lipinski definition) is 0. The molecule has 0 N–H and O–H groups in total. The van der Waals surface area contributed by atoms with Gasteiger partial charge in [-0.2, -0.15) is 0 Å². The van der Waals surface area contributed by atoms with Gasteiger partial charge in [-0.1, -0.05) is 78.6 Å². The fraction of sp³-hybridized carbons (Fsp3) is 0.773. The van der Waals surface area contributed by atoms with Gasteiger partial charge in [-0.25, -0.2) is 0 Å². The summed E-state index contributed by atoms with van der Waals surface area (Å²) in [6.45, 7) is 6.83. The van der Waals surface area contributed by atoms with Crippen molar-refractivity contribution in [1.29, 1.82) is 0 Å². The second kappa shape index (κ2) is 13.6. The van der Waals surface area contributed by atoms with Crippen LogP contribution in [0.1, 0.15) is 108 Å². The fourth-order valence-corrected chi connectivity index (χ4v) is 3.23. The molecule has 132 valence electrons. The molecule has 1 rings (SSSR count). The van der Waals surface area contributed by atoms with Gasteiger partial charge in [-0.15, -0.1) is 0 Å². The first-order chi connectivity index (χ1) is 11.3. The van der Waals surface area contributed by atoms with E-state index in [1.807, 2.05) is 0 Å². The Hall–Kier alpha value is -0.850. The van der Waals surface area contributed by atoms with Crippen LogP contribution in [-0.4, -0.2) is 4.98 Å². The zero-order valence-electron chi connectivity index (χ0n) is 16.0. The highest BCUT2D eigenvalue weighted by Crippen LogP contribution is 2.15. The summed E-state index contributed by atoms with van der Waals surface area (Å²) in [5, 5.41) is 0. The third kappa shape index (κ3) is 9.79. The van der Waals surface area contributed by atoms with E-state index in [2.05, 4.69) is 32.9 Å². The van der Waals surface area contributed by atoms with Crippen molar-refractivity contribution < 1.29 is 0 Å². The maximum atomic E-state index is 4.95. The smallest absolute Gasteiger partial charge is 0.0409 e. The number of rotatable bonds is 14. The van der Waals surface area contributed by atoms with Crippen LogP contribution in [0.5, 0.6) is 0 Å². The minimum Gasteiger partial charge on any atom is -0.258 e. The lowest BCUT2D eigenvalue weighted by Crippen LogP contribution is -2.00. The van der Waals surface area contributed by atoms with Crippen molar-refractivity contribution >= 4 is 0 Å². The molecule has 0 aliphatic heterocycles. The summed E-state index contributed by atoms with van der Waals surface area (Å²) in [4.78, 5) is 4.95. The van der Waals surface area contributed by atoms with Crippen molar-refractivity contribution in [3.05, 3.63) is 29.1 Å². The Bertz CT molecular complexity index is 365. The Morgan fingerprint density at radius 2 is 1.04 bits per heavy atom. The molecule has 0 bridgehead atoms. The van der Waals surface area contributed by atoms with Crippen LogP contribution in [-0.2, 0) is 19.3 Å². The first-order valence-electron chi connectivity index (χ1n) is 10.3. The van der Waals surface area contributed by atoms with Gasteiger partial charge in [-0.05, 0) is 49.8 Å². The number of hydrogen-bond acceptors (Lipinski definition) is 1. The van der Waals surface area contributed by atoms with Gasteiger partial charge in [0.15, 0.2) is 0 Å². The molecule has 0 saturated heterocycles. The highest BCUT2D eigenvalue weighted by molar-refractivity contribution is 5.22. The average molecular weight is 318 g/mol. The van der Waals surface area contributed by atoms with E-state index in [0.717, 1.165) is 0 Å². The van der Waals surface area contributed by atoms with Crippen LogP contribution in [0.4, 0.5) is 0 Å². The van der Waals surface area contributed by atoms with Crippen LogP contribution >= 0.6 is 0 Å². The number of unbranched alkanes of at least 4 members (excludes halogenated alkanes) is 8. The lowest BCUT2D eigenvalue weighted by atomic mass is 10.0. The Morgan fingerprint density at radius 3 is 1.48 bits per heavy atom. The number of aryl methyl sites for hydroxylation is 3. The Balaban J connectivity index is 2.48. The quantitative estimate of drug-likeness (QED) is 0.335. The van der Waals surface area contributed by atoms with Crippen molar-refractivity contribution in [2.75, 3.05) is 0 Å². The minimum atomic E-state index is 1.17. The molecular weight excluding hydrogens is 278 g/mol. The molecule has 0 aromatic carbocycles. The molecule has 0 spiro atoms. The van der Waals surface area contributed by atoms with E-state index in [4.69, 9.17) is 4.98 Å². The van der Waals surface area contributed by atoms with E-state index < -0.39 is 0 Å². The zero-order valence-corrected chi connectivity index (χ0v) is 16.0. The van der Waals surface area contributed by atoms with Gasteiger partial charge in [0, 0.05) is 11.4 Å². The summed E-state index contributed by atoms with van der Waals surface area (Å²) in [6, 6.07) is 4.73. The summed E-state index contributed by atoms with van der Waals surface area (Å²) in [7, 11) is 0. The van der Waals surface area contributed by atoms with Gasteiger partial charge >= 0.3 is 0 Å². The summed E-state index contributed by atoms with van der Waals surface area (Å²) in [6.07, 6.45) is 18.3. The molecule has 1 heteroatoms. The van der Waals surface area contributed by atoms with Crippen LogP contribution in [0.15, 0.2) is 12.1 Å². The molecule has 23 heavy (non-hydrogen) atoms. The maximum Gasteiger partial charge on any atom is 0.0409 e. The summed E-state index contributed by atoms with van der Waals surface area (Å²) in [5.41, 5.74) is 4.20. The SMILES string of the molecule is CCCCCCCc1cc(CCC)cc(CCCCCCC)n1. The van der Waals surface area contributed by atoms with E-state index in [-0.39, 0.29) is 0 Å². The highest BCUT2D eigenvalue weighted by atomic mass is 14.7. The van der Waals surface area contributed by atoms with Crippen LogP contribution in [0, 0.1) is 0 Å². The van der Waals surface area contributed by atoms with Crippen molar-refractivity contribution in [2.45, 2.75) is 111 Å². The molecule has 1 heterocycles. The van der Waals surface area contributed by atoms with Crippen LogP contribution < -0.4 is 0 Å². The van der Waals surface area contributed by atoms with Crippen molar-refractivity contribution in [3.8, 4) is 0 Å². The van der Waals surface area contributed by atoms with Crippen molar-refractivity contribution in [1.82, 2.24) is 4.98 Å². The Morgan fingerprint density at radius 1 is 0.565 bits per heavy atom. The third-order valence-electron chi connectivity index (χ3n) is 4.60. The summed E-state index contributed by atoms with van der Waals surface area (Å²) >= 11 is 0. The van der Waals surface area contributed by atoms with Crippen molar-refractivity contribution in [3.63, 3.8) is 0 Å². The highest BCUT2D eigenvalue weighted by Gasteiger charge is 2.04. The monoisotopic (exact) mass is 317 g/mol. The average Bonchev–Trinajstić information content (AvgIpc) is 2.55. The molecule has 0 fully saturated rings. The fourth-order valence-electron chi connectivity index (χ4n) is 3.23. The predicted molar refractivity (Wildman–Crippen MR) is 103 cm³/mol. The largest absolute Gasteiger partial charge is 0.258 e. The number of pyridine rings is 1. The number of aromatic nitrogens is 1. The van der Waals surface area contributed by atoms with Gasteiger partial charge in [-0.3, -0.25) is 4.98 Å². The van der Waals surface area contributed by atoms with Crippen LogP contribution in [0.2, 0.25) is 0 Å². The molecule has 0 aliphatic carbocycles. The molecule has 0 saturated carbocycles. The van der Waals surface area contributed by atoms with Gasteiger partial charge < -0.3 is 0 Å². The molecule has 0 aliphatic rings. The molecule has 0 radical (unpaired) electrons. The van der Waals surface area contributed by atoms with Crippen LogP contribution in [0.3, 0.4) is 0 Å². The molecule has 1 aromatic heterocycles. The normalized spacial score (nSPS) is 11.1. The first-order valence-corrected chi connectivity index (χ1v) is 10.3. The molecule has 0 amide bonds. The predicted octanol–water partition coefficient (Wildman–Crippen LogP) is 7.06. The minimum absolute atomic E-state index is 1.17. The van der Waals surface area contributed by atoms with Gasteiger partial charge in [0.2, 0.25) is 0 Å². The standard InChI is InChI=1S/C22H39N/c1-4-7-9-11-13-16-21-18-20(15-6-3)19-22(23-21)17-14-12-10-8-5-2/h18-19H,4-17H2,1-3H3. The van der Waals surface area contributed by atoms with Gasteiger partial charge in [0.05, 0.1) is 0 Å². The van der Waals surface area contributed by atoms with E-state index in [1.165, 1.54) is 107 Å². The van der Waals surface area contributed by atoms with E-state index in [0.29, 0.717) is 0 Å². The van der Waals surface area contributed by atoms with Gasteiger partial charge in [0.1, 0.15) is 0 Å². The second-order valence-corrected chi connectivity index (χ2v) is 7.04. The second-order valence-electron chi connectivity index (χ2n) is 7.04. The van der Waals surface area contributed by atoms with Crippen LogP contribution in [0.25, 0.3) is 0 Å². The zero-order chi connectivity index (χ0) is 16.8. The summed E-state index contributed by atoms with van der Waals surface area (Å²) < 4.78 is 0. The third-order valence-corrected chi connectivity index (χ3v) is 4.60. The topological polar surface area (TPSA) is 12.9 Å². The lowest BCUT2D eigenvalue weighted by molar-refractivity contribution is 0.618. The summed E-state index contributed by atoms with van der Waals surface area (Å²) in [5.74, 6) is 0. The number of nitrogens with zero attached hydrogens (tertiary/aromatic N) is 1. The van der Waals surface area contributed by atoms with Gasteiger partial charge in [0.25, 0.3) is 0 Å². The Labute approximate surface area is 145 Å². The lowest BCUT2D eigenvalue weighted by Gasteiger charge is -2.09. The van der Waals surface area contributed by atoms with E-state index in [1.54, 1.807) is 0 Å².